The third-order valence-corrected chi connectivity index (χ3v) is 4.40. The molecule has 0 radical (unpaired) electrons. The van der Waals surface area contributed by atoms with Gasteiger partial charge in [0, 0.05) is 20.0 Å². The number of carbonyl (C=O) groups is 1. The SMILES string of the molecule is Cc1nc(C)c(C(=O)N2CC[C@@H]3CNC[C@@H]3CC2)o1. The van der Waals surface area contributed by atoms with Gasteiger partial charge >= 0.3 is 0 Å². The molecule has 3 heterocycles. The van der Waals surface area contributed by atoms with Crippen molar-refractivity contribution in [3.8, 4) is 0 Å². The van der Waals surface area contributed by atoms with Crippen molar-refractivity contribution in [3.05, 3.63) is 17.3 Å². The lowest BCUT2D eigenvalue weighted by Crippen LogP contribution is -2.32. The van der Waals surface area contributed by atoms with Crippen LogP contribution in [0.1, 0.15) is 35.0 Å². The molecule has 2 aliphatic heterocycles. The number of aryl methyl sites for hydroxylation is 2. The molecule has 104 valence electrons. The van der Waals surface area contributed by atoms with Gasteiger partial charge in [0.1, 0.15) is 0 Å². The molecule has 0 aliphatic carbocycles. The highest BCUT2D eigenvalue weighted by Gasteiger charge is 2.32. The van der Waals surface area contributed by atoms with Gasteiger partial charge in [0.15, 0.2) is 5.89 Å². The van der Waals surface area contributed by atoms with Crippen LogP contribution in [0.5, 0.6) is 0 Å². The fourth-order valence-electron chi connectivity index (χ4n) is 3.29. The van der Waals surface area contributed by atoms with Crippen LogP contribution >= 0.6 is 0 Å². The van der Waals surface area contributed by atoms with Crippen LogP contribution in [0, 0.1) is 25.7 Å². The van der Waals surface area contributed by atoms with E-state index in [1.807, 2.05) is 11.8 Å². The van der Waals surface area contributed by atoms with Gasteiger partial charge in [0.05, 0.1) is 5.69 Å². The van der Waals surface area contributed by atoms with Crippen molar-refractivity contribution < 1.29 is 9.21 Å². The van der Waals surface area contributed by atoms with Crippen molar-refractivity contribution in [1.29, 1.82) is 0 Å². The van der Waals surface area contributed by atoms with Gasteiger partial charge in [0.25, 0.3) is 5.91 Å². The quantitative estimate of drug-likeness (QED) is 0.831. The van der Waals surface area contributed by atoms with Gasteiger partial charge in [-0.2, -0.15) is 0 Å². The second-order valence-corrected chi connectivity index (χ2v) is 5.70. The number of nitrogens with zero attached hydrogens (tertiary/aromatic N) is 2. The second kappa shape index (κ2) is 4.96. The number of likely N-dealkylation sites (tertiary alicyclic amines) is 1. The fraction of sp³-hybridized carbons (Fsp3) is 0.714. The summed E-state index contributed by atoms with van der Waals surface area (Å²) in [7, 11) is 0. The van der Waals surface area contributed by atoms with Gasteiger partial charge in [-0.3, -0.25) is 4.79 Å². The molecule has 3 rings (SSSR count). The molecule has 19 heavy (non-hydrogen) atoms. The Balaban J connectivity index is 1.72. The van der Waals surface area contributed by atoms with E-state index in [2.05, 4.69) is 10.3 Å². The summed E-state index contributed by atoms with van der Waals surface area (Å²) in [6.07, 6.45) is 2.19. The molecule has 1 aromatic rings. The molecule has 2 saturated heterocycles. The molecule has 0 aromatic carbocycles. The number of nitrogens with one attached hydrogen (secondary N) is 1. The molecule has 1 N–H and O–H groups in total. The highest BCUT2D eigenvalue weighted by molar-refractivity contribution is 5.92. The molecule has 0 saturated carbocycles. The van der Waals surface area contributed by atoms with E-state index < -0.39 is 0 Å². The fourth-order valence-corrected chi connectivity index (χ4v) is 3.29. The third-order valence-electron chi connectivity index (χ3n) is 4.40. The van der Waals surface area contributed by atoms with Crippen molar-refractivity contribution in [2.45, 2.75) is 26.7 Å². The standard InChI is InChI=1S/C14H21N3O2/c1-9-13(19-10(2)16-9)14(18)17-5-3-11-7-15-8-12(11)4-6-17/h11-12,15H,3-8H2,1-2H3/t11-,12+. The lowest BCUT2D eigenvalue weighted by molar-refractivity contribution is 0.0724. The Morgan fingerprint density at radius 1 is 1.26 bits per heavy atom. The van der Waals surface area contributed by atoms with Crippen LogP contribution in [-0.4, -0.2) is 42.0 Å². The summed E-state index contributed by atoms with van der Waals surface area (Å²) in [5, 5.41) is 3.45. The van der Waals surface area contributed by atoms with Gasteiger partial charge in [0.2, 0.25) is 5.76 Å². The van der Waals surface area contributed by atoms with E-state index in [0.717, 1.165) is 50.9 Å². The molecule has 0 spiro atoms. The van der Waals surface area contributed by atoms with Crippen molar-refractivity contribution in [1.82, 2.24) is 15.2 Å². The monoisotopic (exact) mass is 263 g/mol. The minimum atomic E-state index is 0.00559. The average molecular weight is 263 g/mol. The van der Waals surface area contributed by atoms with Gasteiger partial charge in [-0.05, 0) is 44.7 Å². The Labute approximate surface area is 113 Å². The van der Waals surface area contributed by atoms with Crippen molar-refractivity contribution >= 4 is 5.91 Å². The highest BCUT2D eigenvalue weighted by Crippen LogP contribution is 2.28. The van der Waals surface area contributed by atoms with Gasteiger partial charge in [-0.1, -0.05) is 0 Å². The predicted molar refractivity (Wildman–Crippen MR) is 71.0 cm³/mol. The minimum Gasteiger partial charge on any atom is -0.436 e. The number of rotatable bonds is 1. The van der Waals surface area contributed by atoms with Crippen LogP contribution in [0.25, 0.3) is 0 Å². The largest absolute Gasteiger partial charge is 0.436 e. The van der Waals surface area contributed by atoms with Crippen LogP contribution in [0.2, 0.25) is 0 Å². The first-order chi connectivity index (χ1) is 9.15. The number of hydrogen-bond acceptors (Lipinski definition) is 4. The number of oxazole rings is 1. The van der Waals surface area contributed by atoms with Crippen molar-refractivity contribution in [3.63, 3.8) is 0 Å². The van der Waals surface area contributed by atoms with Crippen LogP contribution in [-0.2, 0) is 0 Å². The highest BCUT2D eigenvalue weighted by atomic mass is 16.4. The molecule has 5 heteroatoms. The number of fused-ring (bicyclic) bond motifs is 1. The molecular weight excluding hydrogens is 242 g/mol. The zero-order chi connectivity index (χ0) is 13.4. The Morgan fingerprint density at radius 2 is 1.89 bits per heavy atom. The number of aromatic nitrogens is 1. The van der Waals surface area contributed by atoms with E-state index in [-0.39, 0.29) is 5.91 Å². The van der Waals surface area contributed by atoms with Crippen molar-refractivity contribution in [2.24, 2.45) is 11.8 Å². The molecule has 1 amide bonds. The maximum absolute atomic E-state index is 12.5. The Kier molecular flexibility index (Phi) is 3.31. The smallest absolute Gasteiger partial charge is 0.291 e. The summed E-state index contributed by atoms with van der Waals surface area (Å²) in [6, 6.07) is 0. The molecule has 2 aliphatic rings. The molecule has 0 bridgehead atoms. The minimum absolute atomic E-state index is 0.00559. The molecule has 2 atom stereocenters. The average Bonchev–Trinajstić information content (AvgIpc) is 2.90. The Bertz CT molecular complexity index is 469. The zero-order valence-corrected chi connectivity index (χ0v) is 11.6. The molecule has 5 nitrogen and oxygen atoms in total. The Hall–Kier alpha value is -1.36. The van der Waals surface area contributed by atoms with E-state index in [9.17, 15) is 4.79 Å². The summed E-state index contributed by atoms with van der Waals surface area (Å²) in [6.45, 7) is 7.49. The molecular formula is C14H21N3O2. The third kappa shape index (κ3) is 2.39. The van der Waals surface area contributed by atoms with Crippen LogP contribution in [0.15, 0.2) is 4.42 Å². The molecule has 1 aromatic heterocycles. The van der Waals surface area contributed by atoms with E-state index in [0.29, 0.717) is 17.3 Å². The number of amides is 1. The summed E-state index contributed by atoms with van der Waals surface area (Å²) in [5.74, 6) is 2.45. The number of carbonyl (C=O) groups excluding carboxylic acids is 1. The first kappa shape index (κ1) is 12.7. The van der Waals surface area contributed by atoms with Crippen molar-refractivity contribution in [2.75, 3.05) is 26.2 Å². The maximum Gasteiger partial charge on any atom is 0.291 e. The van der Waals surface area contributed by atoms with Gasteiger partial charge < -0.3 is 14.6 Å². The molecule has 0 unspecified atom stereocenters. The lowest BCUT2D eigenvalue weighted by atomic mass is 9.92. The normalized spacial score (nSPS) is 27.2. The van der Waals surface area contributed by atoms with Gasteiger partial charge in [-0.25, -0.2) is 4.98 Å². The summed E-state index contributed by atoms with van der Waals surface area (Å²) in [4.78, 5) is 18.6. The summed E-state index contributed by atoms with van der Waals surface area (Å²) < 4.78 is 5.45. The van der Waals surface area contributed by atoms with Crippen LogP contribution < -0.4 is 5.32 Å². The zero-order valence-electron chi connectivity index (χ0n) is 11.6. The summed E-state index contributed by atoms with van der Waals surface area (Å²) in [5.41, 5.74) is 0.702. The topological polar surface area (TPSA) is 58.4 Å². The van der Waals surface area contributed by atoms with Crippen LogP contribution in [0.3, 0.4) is 0 Å². The van der Waals surface area contributed by atoms with E-state index >= 15 is 0 Å². The van der Waals surface area contributed by atoms with E-state index in [4.69, 9.17) is 4.42 Å². The van der Waals surface area contributed by atoms with E-state index in [1.54, 1.807) is 6.92 Å². The maximum atomic E-state index is 12.5. The molecule has 2 fully saturated rings. The van der Waals surface area contributed by atoms with Gasteiger partial charge in [-0.15, -0.1) is 0 Å². The van der Waals surface area contributed by atoms with Crippen LogP contribution in [0.4, 0.5) is 0 Å². The van der Waals surface area contributed by atoms with E-state index in [1.165, 1.54) is 0 Å². The Morgan fingerprint density at radius 3 is 2.42 bits per heavy atom. The first-order valence-corrected chi connectivity index (χ1v) is 7.09. The first-order valence-electron chi connectivity index (χ1n) is 7.09. The second-order valence-electron chi connectivity index (χ2n) is 5.70. The lowest BCUT2D eigenvalue weighted by Gasteiger charge is -2.19. The summed E-state index contributed by atoms with van der Waals surface area (Å²) >= 11 is 0. The predicted octanol–water partition coefficient (Wildman–Crippen LogP) is 1.36. The number of hydrogen-bond donors (Lipinski definition) is 1.